The van der Waals surface area contributed by atoms with Gasteiger partial charge in [0.25, 0.3) is 5.91 Å². The molecule has 1 aromatic heterocycles. The van der Waals surface area contributed by atoms with E-state index in [0.29, 0.717) is 31.7 Å². The first-order chi connectivity index (χ1) is 15.5. The maximum Gasteiger partial charge on any atom is 0.256 e. The van der Waals surface area contributed by atoms with E-state index in [9.17, 15) is 14.4 Å². The second-order valence-electron chi connectivity index (χ2n) is 10.0. The predicted octanol–water partition coefficient (Wildman–Crippen LogP) is 2.58. The fourth-order valence-corrected chi connectivity index (χ4v) is 5.12. The van der Waals surface area contributed by atoms with Crippen molar-refractivity contribution < 1.29 is 19.1 Å². The second kappa shape index (κ2) is 10.4. The zero-order valence-electron chi connectivity index (χ0n) is 20.3. The van der Waals surface area contributed by atoms with Crippen molar-refractivity contribution in [3.63, 3.8) is 0 Å². The van der Waals surface area contributed by atoms with E-state index in [4.69, 9.17) is 4.74 Å². The second-order valence-corrected chi connectivity index (χ2v) is 10.8. The normalized spacial score (nSPS) is 18.9. The monoisotopic (exact) mass is 476 g/mol. The number of piperidine rings is 1. The molecule has 0 aromatic carbocycles. The lowest BCUT2D eigenvalue weighted by Gasteiger charge is -2.39. The van der Waals surface area contributed by atoms with Crippen LogP contribution in [-0.4, -0.2) is 83.2 Å². The quantitative estimate of drug-likeness (QED) is 0.635. The predicted molar refractivity (Wildman–Crippen MR) is 128 cm³/mol. The molecule has 2 saturated heterocycles. The lowest BCUT2D eigenvalue weighted by atomic mass is 9.77. The van der Waals surface area contributed by atoms with Gasteiger partial charge in [-0.2, -0.15) is 0 Å². The summed E-state index contributed by atoms with van der Waals surface area (Å²) < 4.78 is 5.80. The van der Waals surface area contributed by atoms with E-state index in [1.165, 1.54) is 18.7 Å². The Morgan fingerprint density at radius 3 is 2.39 bits per heavy atom. The standard InChI is InChI=1S/C24H36N4O4S/c1-17(29)26-19(15-32-23(2,3)4)22(31)28-14-10-24(16-28)8-12-27(13-9-24)21(30)18-7-6-11-25-20(18)33-5/h6-7,11,19H,8-10,12-16H2,1-5H3,(H,26,29). The molecule has 2 fully saturated rings. The number of pyridine rings is 1. The van der Waals surface area contributed by atoms with Gasteiger partial charge in [-0.05, 0) is 63.8 Å². The first kappa shape index (κ1) is 25.5. The topological polar surface area (TPSA) is 91.8 Å². The average molecular weight is 477 g/mol. The van der Waals surface area contributed by atoms with Gasteiger partial charge in [0.15, 0.2) is 0 Å². The Bertz CT molecular complexity index is 877. The molecule has 0 aliphatic carbocycles. The summed E-state index contributed by atoms with van der Waals surface area (Å²) in [7, 11) is 0. The number of aromatic nitrogens is 1. The van der Waals surface area contributed by atoms with Crippen molar-refractivity contribution in [2.75, 3.05) is 39.0 Å². The fourth-order valence-electron chi connectivity index (χ4n) is 4.58. The molecule has 0 bridgehead atoms. The van der Waals surface area contributed by atoms with Gasteiger partial charge in [0.2, 0.25) is 11.8 Å². The smallest absolute Gasteiger partial charge is 0.256 e. The van der Waals surface area contributed by atoms with Crippen LogP contribution >= 0.6 is 11.8 Å². The largest absolute Gasteiger partial charge is 0.373 e. The molecule has 3 heterocycles. The molecule has 3 rings (SSSR count). The minimum Gasteiger partial charge on any atom is -0.373 e. The number of hydrogen-bond donors (Lipinski definition) is 1. The molecule has 1 unspecified atom stereocenters. The Morgan fingerprint density at radius 2 is 1.82 bits per heavy atom. The van der Waals surface area contributed by atoms with Crippen LogP contribution in [0, 0.1) is 5.41 Å². The van der Waals surface area contributed by atoms with Crippen molar-refractivity contribution in [2.24, 2.45) is 5.41 Å². The molecule has 1 atom stereocenters. The van der Waals surface area contributed by atoms with Gasteiger partial charge in [-0.25, -0.2) is 4.98 Å². The minimum atomic E-state index is -0.686. The fraction of sp³-hybridized carbons (Fsp3) is 0.667. The van der Waals surface area contributed by atoms with E-state index >= 15 is 0 Å². The highest BCUT2D eigenvalue weighted by Crippen LogP contribution is 2.41. The van der Waals surface area contributed by atoms with Crippen molar-refractivity contribution in [3.8, 4) is 0 Å². The third kappa shape index (κ3) is 6.47. The summed E-state index contributed by atoms with van der Waals surface area (Å²) in [4.78, 5) is 46.0. The maximum atomic E-state index is 13.2. The maximum absolute atomic E-state index is 13.2. The molecule has 9 heteroatoms. The molecule has 182 valence electrons. The number of ether oxygens (including phenoxy) is 1. The Kier molecular flexibility index (Phi) is 8.05. The van der Waals surface area contributed by atoms with Crippen LogP contribution in [0.3, 0.4) is 0 Å². The van der Waals surface area contributed by atoms with Gasteiger partial charge in [0.05, 0.1) is 17.8 Å². The molecule has 1 aromatic rings. The first-order valence-corrected chi connectivity index (χ1v) is 12.7. The molecule has 1 spiro atoms. The van der Waals surface area contributed by atoms with Crippen LogP contribution in [0.2, 0.25) is 0 Å². The number of nitrogens with zero attached hydrogens (tertiary/aromatic N) is 3. The van der Waals surface area contributed by atoms with Crippen molar-refractivity contribution in [1.82, 2.24) is 20.1 Å². The highest BCUT2D eigenvalue weighted by molar-refractivity contribution is 7.98. The Labute approximate surface area is 200 Å². The van der Waals surface area contributed by atoms with Crippen LogP contribution in [-0.2, 0) is 14.3 Å². The average Bonchev–Trinajstić information content (AvgIpc) is 3.18. The zero-order valence-corrected chi connectivity index (χ0v) is 21.2. The van der Waals surface area contributed by atoms with Crippen LogP contribution in [0.15, 0.2) is 23.4 Å². The minimum absolute atomic E-state index is 0.0232. The van der Waals surface area contributed by atoms with E-state index in [-0.39, 0.29) is 29.7 Å². The first-order valence-electron chi connectivity index (χ1n) is 11.5. The molecular weight excluding hydrogens is 440 g/mol. The molecule has 33 heavy (non-hydrogen) atoms. The third-order valence-electron chi connectivity index (χ3n) is 6.41. The number of amides is 3. The van der Waals surface area contributed by atoms with Gasteiger partial charge in [-0.3, -0.25) is 14.4 Å². The molecule has 1 N–H and O–H groups in total. The molecular formula is C24H36N4O4S. The summed E-state index contributed by atoms with van der Waals surface area (Å²) in [5, 5.41) is 3.51. The number of hydrogen-bond acceptors (Lipinski definition) is 6. The number of rotatable bonds is 6. The lowest BCUT2D eigenvalue weighted by molar-refractivity contribution is -0.139. The third-order valence-corrected chi connectivity index (χ3v) is 7.13. The van der Waals surface area contributed by atoms with E-state index in [1.54, 1.807) is 12.3 Å². The number of carbonyl (C=O) groups is 3. The van der Waals surface area contributed by atoms with Crippen molar-refractivity contribution in [3.05, 3.63) is 23.9 Å². The van der Waals surface area contributed by atoms with Crippen molar-refractivity contribution in [1.29, 1.82) is 0 Å². The van der Waals surface area contributed by atoms with Gasteiger partial charge in [-0.1, -0.05) is 0 Å². The molecule has 2 aliphatic rings. The highest BCUT2D eigenvalue weighted by Gasteiger charge is 2.44. The number of carbonyl (C=O) groups excluding carboxylic acids is 3. The molecule has 3 amide bonds. The molecule has 2 aliphatic heterocycles. The Morgan fingerprint density at radius 1 is 1.18 bits per heavy atom. The van der Waals surface area contributed by atoms with E-state index in [1.807, 2.05) is 42.9 Å². The SMILES string of the molecule is CSc1ncccc1C(=O)N1CCC2(CC1)CCN(C(=O)C(COC(C)(C)C)NC(C)=O)C2. The number of likely N-dealkylation sites (tertiary alicyclic amines) is 2. The zero-order chi connectivity index (χ0) is 24.2. The number of thioether (sulfide) groups is 1. The highest BCUT2D eigenvalue weighted by atomic mass is 32.2. The Hall–Kier alpha value is -2.13. The van der Waals surface area contributed by atoms with Gasteiger partial charge >= 0.3 is 0 Å². The van der Waals surface area contributed by atoms with Gasteiger partial charge in [-0.15, -0.1) is 11.8 Å². The summed E-state index contributed by atoms with van der Waals surface area (Å²) in [5.41, 5.74) is 0.281. The summed E-state index contributed by atoms with van der Waals surface area (Å²) >= 11 is 1.48. The van der Waals surface area contributed by atoms with Crippen LogP contribution in [0.5, 0.6) is 0 Å². The van der Waals surface area contributed by atoms with Gasteiger partial charge in [0.1, 0.15) is 11.1 Å². The van der Waals surface area contributed by atoms with Gasteiger partial charge < -0.3 is 19.9 Å². The lowest BCUT2D eigenvalue weighted by Crippen LogP contribution is -2.51. The molecule has 8 nitrogen and oxygen atoms in total. The molecule has 0 radical (unpaired) electrons. The van der Waals surface area contributed by atoms with Crippen molar-refractivity contribution >= 4 is 29.5 Å². The summed E-state index contributed by atoms with van der Waals surface area (Å²) in [6, 6.07) is 2.95. The van der Waals surface area contributed by atoms with Crippen LogP contribution in [0.4, 0.5) is 0 Å². The van der Waals surface area contributed by atoms with Gasteiger partial charge in [0, 0.05) is 39.3 Å². The Balaban J connectivity index is 1.60. The van der Waals surface area contributed by atoms with Crippen LogP contribution in [0.1, 0.15) is 57.3 Å². The summed E-state index contributed by atoms with van der Waals surface area (Å²) in [5.74, 6) is -0.310. The van der Waals surface area contributed by atoms with Crippen LogP contribution in [0.25, 0.3) is 0 Å². The van der Waals surface area contributed by atoms with E-state index in [0.717, 1.165) is 24.3 Å². The molecule has 0 saturated carbocycles. The van der Waals surface area contributed by atoms with E-state index < -0.39 is 11.6 Å². The van der Waals surface area contributed by atoms with E-state index in [2.05, 4.69) is 10.3 Å². The summed E-state index contributed by atoms with van der Waals surface area (Å²) in [6.07, 6.45) is 6.27. The van der Waals surface area contributed by atoms with Crippen molar-refractivity contribution in [2.45, 2.75) is 63.6 Å². The van der Waals surface area contributed by atoms with Crippen LogP contribution < -0.4 is 5.32 Å². The number of nitrogens with one attached hydrogen (secondary N) is 1. The summed E-state index contributed by atoms with van der Waals surface area (Å²) in [6.45, 7) is 10.0.